The monoisotopic (exact) mass is 453 g/mol. The third-order valence-corrected chi connectivity index (χ3v) is 6.56. The molecule has 170 valence electrons. The predicted molar refractivity (Wildman–Crippen MR) is 129 cm³/mol. The first-order valence-electron chi connectivity index (χ1n) is 11.0. The molecule has 0 aliphatic carbocycles. The molecule has 0 atom stereocenters. The van der Waals surface area contributed by atoms with E-state index in [1.54, 1.807) is 25.6 Å². The number of ether oxygens (including phenoxy) is 3. The molecule has 4 rings (SSSR count). The van der Waals surface area contributed by atoms with Gasteiger partial charge in [0.2, 0.25) is 0 Å². The zero-order chi connectivity index (χ0) is 22.2. The molecule has 0 saturated carbocycles. The molecule has 1 fully saturated rings. The van der Waals surface area contributed by atoms with E-state index in [4.69, 9.17) is 19.2 Å². The molecule has 1 aromatic heterocycles. The maximum absolute atomic E-state index is 5.45. The molecule has 0 spiro atoms. The first-order valence-corrected chi connectivity index (χ1v) is 11.9. The van der Waals surface area contributed by atoms with Crippen LogP contribution in [0.25, 0.3) is 0 Å². The van der Waals surface area contributed by atoms with Crippen LogP contribution in [0.3, 0.4) is 0 Å². The van der Waals surface area contributed by atoms with Crippen molar-refractivity contribution in [2.45, 2.75) is 19.5 Å². The number of hydrogen-bond donors (Lipinski definition) is 0. The Morgan fingerprint density at radius 3 is 2.19 bits per heavy atom. The van der Waals surface area contributed by atoms with Crippen molar-refractivity contribution in [3.63, 3.8) is 0 Å². The molecule has 1 aliphatic heterocycles. The van der Waals surface area contributed by atoms with Crippen molar-refractivity contribution in [2.24, 2.45) is 0 Å². The molecule has 0 amide bonds. The van der Waals surface area contributed by atoms with E-state index < -0.39 is 0 Å². The normalized spacial score (nSPS) is 14.3. The summed E-state index contributed by atoms with van der Waals surface area (Å²) in [6.45, 7) is 6.21. The third-order valence-electron chi connectivity index (χ3n) is 5.61. The van der Waals surface area contributed by atoms with Gasteiger partial charge in [0.15, 0.2) is 5.13 Å². The molecule has 3 aromatic rings. The maximum Gasteiger partial charge on any atom is 0.186 e. The fourth-order valence-corrected chi connectivity index (χ4v) is 4.69. The fourth-order valence-electron chi connectivity index (χ4n) is 3.83. The molecule has 0 unspecified atom stereocenters. The van der Waals surface area contributed by atoms with Gasteiger partial charge < -0.3 is 19.1 Å². The lowest BCUT2D eigenvalue weighted by Gasteiger charge is -2.26. The molecule has 0 N–H and O–H groups in total. The second-order valence-corrected chi connectivity index (χ2v) is 8.72. The van der Waals surface area contributed by atoms with Crippen LogP contribution in [-0.4, -0.2) is 57.0 Å². The topological polar surface area (TPSA) is 47.1 Å². The Kier molecular flexibility index (Phi) is 7.98. The smallest absolute Gasteiger partial charge is 0.186 e. The van der Waals surface area contributed by atoms with Crippen LogP contribution in [0.2, 0.25) is 0 Å². The van der Waals surface area contributed by atoms with E-state index in [1.807, 2.05) is 24.3 Å². The first kappa shape index (κ1) is 22.6. The number of benzene rings is 2. The van der Waals surface area contributed by atoms with Crippen molar-refractivity contribution in [1.82, 2.24) is 9.88 Å². The molecule has 1 saturated heterocycles. The lowest BCUT2D eigenvalue weighted by Crippen LogP contribution is -2.37. The summed E-state index contributed by atoms with van der Waals surface area (Å²) in [7, 11) is 3.41. The van der Waals surface area contributed by atoms with Gasteiger partial charge in [-0.15, -0.1) is 11.3 Å². The zero-order valence-corrected chi connectivity index (χ0v) is 19.6. The molecule has 0 bridgehead atoms. The van der Waals surface area contributed by atoms with Crippen LogP contribution in [0.1, 0.15) is 16.8 Å². The third kappa shape index (κ3) is 6.22. The van der Waals surface area contributed by atoms with Gasteiger partial charge in [0, 0.05) is 44.5 Å². The summed E-state index contributed by atoms with van der Waals surface area (Å²) in [4.78, 5) is 9.77. The number of aromatic nitrogens is 1. The van der Waals surface area contributed by atoms with Gasteiger partial charge >= 0.3 is 0 Å². The van der Waals surface area contributed by atoms with E-state index in [2.05, 4.69) is 39.4 Å². The summed E-state index contributed by atoms with van der Waals surface area (Å²) in [5, 5.41) is 3.23. The number of nitrogens with zero attached hydrogens (tertiary/aromatic N) is 3. The second-order valence-electron chi connectivity index (χ2n) is 7.88. The van der Waals surface area contributed by atoms with Crippen LogP contribution >= 0.6 is 11.3 Å². The van der Waals surface area contributed by atoms with Gasteiger partial charge in [-0.25, -0.2) is 4.98 Å². The van der Waals surface area contributed by atoms with Crippen LogP contribution in [0.4, 0.5) is 5.13 Å². The Bertz CT molecular complexity index is 938. The average Bonchev–Trinajstić information content (AvgIpc) is 3.32. The summed E-state index contributed by atoms with van der Waals surface area (Å²) < 4.78 is 16.3. The summed E-state index contributed by atoms with van der Waals surface area (Å²) in [5.74, 6) is 1.74. The molecule has 0 radical (unpaired) electrons. The van der Waals surface area contributed by atoms with E-state index in [0.717, 1.165) is 74.7 Å². The number of thiazole rings is 1. The van der Waals surface area contributed by atoms with Gasteiger partial charge in [0.25, 0.3) is 0 Å². The Balaban J connectivity index is 1.50. The standard InChI is InChI=1S/C25H31N3O3S/c1-29-23-7-3-5-20(15-23)17-28(18-21-6-4-8-24(16-21)30-2)25-26-22(19-32-25)9-10-27-11-13-31-14-12-27/h3-8,15-16,19H,9-14,17-18H2,1-2H3. The van der Waals surface area contributed by atoms with Crippen molar-refractivity contribution in [3.8, 4) is 11.5 Å². The highest BCUT2D eigenvalue weighted by molar-refractivity contribution is 7.13. The Morgan fingerprint density at radius 1 is 0.969 bits per heavy atom. The van der Waals surface area contributed by atoms with Gasteiger partial charge in [0.05, 0.1) is 33.1 Å². The van der Waals surface area contributed by atoms with Crippen LogP contribution in [0.5, 0.6) is 11.5 Å². The minimum Gasteiger partial charge on any atom is -0.497 e. The van der Waals surface area contributed by atoms with Gasteiger partial charge in [-0.05, 0) is 35.4 Å². The van der Waals surface area contributed by atoms with Crippen molar-refractivity contribution in [3.05, 3.63) is 70.7 Å². The zero-order valence-electron chi connectivity index (χ0n) is 18.8. The van der Waals surface area contributed by atoms with E-state index in [-0.39, 0.29) is 0 Å². The van der Waals surface area contributed by atoms with Crippen molar-refractivity contribution in [2.75, 3.05) is 52.0 Å². The highest BCUT2D eigenvalue weighted by atomic mass is 32.1. The quantitative estimate of drug-likeness (QED) is 0.458. The number of methoxy groups -OCH3 is 2. The largest absolute Gasteiger partial charge is 0.497 e. The van der Waals surface area contributed by atoms with Gasteiger partial charge in [-0.3, -0.25) is 4.90 Å². The van der Waals surface area contributed by atoms with Crippen LogP contribution in [0.15, 0.2) is 53.9 Å². The minimum atomic E-state index is 0.755. The summed E-state index contributed by atoms with van der Waals surface area (Å²) in [6, 6.07) is 16.5. The van der Waals surface area contributed by atoms with E-state index >= 15 is 0 Å². The highest BCUT2D eigenvalue weighted by Crippen LogP contribution is 2.27. The van der Waals surface area contributed by atoms with Crippen molar-refractivity contribution < 1.29 is 14.2 Å². The fraction of sp³-hybridized carbons (Fsp3) is 0.400. The predicted octanol–water partition coefficient (Wildman–Crippen LogP) is 4.24. The van der Waals surface area contributed by atoms with Crippen LogP contribution in [-0.2, 0) is 24.2 Å². The Labute approximate surface area is 194 Å². The Morgan fingerprint density at radius 2 is 1.59 bits per heavy atom. The number of morpholine rings is 1. The summed E-state index contributed by atoms with van der Waals surface area (Å²) in [6.07, 6.45) is 0.961. The van der Waals surface area contributed by atoms with Gasteiger partial charge in [-0.1, -0.05) is 24.3 Å². The molecule has 1 aliphatic rings. The molecule has 32 heavy (non-hydrogen) atoms. The van der Waals surface area contributed by atoms with Gasteiger partial charge in [0.1, 0.15) is 11.5 Å². The van der Waals surface area contributed by atoms with E-state index in [9.17, 15) is 0 Å². The molecule has 2 heterocycles. The SMILES string of the molecule is COc1cccc(CN(Cc2cccc(OC)c2)c2nc(CCN3CCOCC3)cs2)c1. The number of hydrogen-bond acceptors (Lipinski definition) is 7. The second kappa shape index (κ2) is 11.3. The van der Waals surface area contributed by atoms with Crippen molar-refractivity contribution in [1.29, 1.82) is 0 Å². The van der Waals surface area contributed by atoms with E-state index in [0.29, 0.717) is 0 Å². The van der Waals surface area contributed by atoms with Crippen molar-refractivity contribution >= 4 is 16.5 Å². The first-order chi connectivity index (χ1) is 15.7. The summed E-state index contributed by atoms with van der Waals surface area (Å²) >= 11 is 1.71. The average molecular weight is 454 g/mol. The highest BCUT2D eigenvalue weighted by Gasteiger charge is 2.15. The lowest BCUT2D eigenvalue weighted by molar-refractivity contribution is 0.0383. The Hall–Kier alpha value is -2.61. The number of rotatable bonds is 10. The van der Waals surface area contributed by atoms with Gasteiger partial charge in [-0.2, -0.15) is 0 Å². The molecular weight excluding hydrogens is 422 g/mol. The van der Waals surface area contributed by atoms with Crippen LogP contribution < -0.4 is 14.4 Å². The molecule has 7 heteroatoms. The molecule has 6 nitrogen and oxygen atoms in total. The van der Waals surface area contributed by atoms with Crippen LogP contribution in [0, 0.1) is 0 Å². The lowest BCUT2D eigenvalue weighted by atomic mass is 10.1. The van der Waals surface area contributed by atoms with E-state index in [1.165, 1.54) is 11.1 Å². The summed E-state index contributed by atoms with van der Waals surface area (Å²) in [5.41, 5.74) is 3.53. The maximum atomic E-state index is 5.45. The molecule has 2 aromatic carbocycles. The molecular formula is C25H31N3O3S. The minimum absolute atomic E-state index is 0.755. The number of anilines is 1.